The first kappa shape index (κ1) is 13.8. The number of aryl methyl sites for hydroxylation is 3. The van der Waals surface area contributed by atoms with Gasteiger partial charge in [0.15, 0.2) is 0 Å². The van der Waals surface area contributed by atoms with Crippen molar-refractivity contribution < 1.29 is 0 Å². The lowest BCUT2D eigenvalue weighted by Crippen LogP contribution is -2.26. The van der Waals surface area contributed by atoms with E-state index in [1.54, 1.807) is 0 Å². The summed E-state index contributed by atoms with van der Waals surface area (Å²) in [5, 5.41) is 7.92. The van der Waals surface area contributed by atoms with Crippen molar-refractivity contribution in [3.63, 3.8) is 0 Å². The molecule has 0 aliphatic heterocycles. The number of nitrogens with one attached hydrogen (secondary N) is 1. The summed E-state index contributed by atoms with van der Waals surface area (Å²) in [5.41, 5.74) is 5.18. The molecular formula is C16H23N3. The van der Waals surface area contributed by atoms with E-state index in [0.29, 0.717) is 0 Å². The highest BCUT2D eigenvalue weighted by molar-refractivity contribution is 5.37. The fourth-order valence-corrected chi connectivity index (χ4v) is 2.48. The first-order valence-corrected chi connectivity index (χ1v) is 6.92. The van der Waals surface area contributed by atoms with Crippen molar-refractivity contribution in [2.45, 2.75) is 33.2 Å². The Kier molecular flexibility index (Phi) is 4.38. The quantitative estimate of drug-likeness (QED) is 0.892. The second-order valence-corrected chi connectivity index (χ2v) is 5.13. The molecule has 0 bridgehead atoms. The second-order valence-electron chi connectivity index (χ2n) is 5.13. The molecule has 102 valence electrons. The Morgan fingerprint density at radius 3 is 2.63 bits per heavy atom. The van der Waals surface area contributed by atoms with Gasteiger partial charge >= 0.3 is 0 Å². The summed E-state index contributed by atoms with van der Waals surface area (Å²) in [5.74, 6) is 0. The van der Waals surface area contributed by atoms with Crippen LogP contribution >= 0.6 is 0 Å². The summed E-state index contributed by atoms with van der Waals surface area (Å²) < 4.78 is 1.95. The average Bonchev–Trinajstić information content (AvgIpc) is 2.78. The molecule has 3 heteroatoms. The van der Waals surface area contributed by atoms with Crippen LogP contribution in [0.2, 0.25) is 0 Å². The van der Waals surface area contributed by atoms with Gasteiger partial charge in [0, 0.05) is 13.2 Å². The molecular weight excluding hydrogens is 234 g/mol. The van der Waals surface area contributed by atoms with E-state index in [1.165, 1.54) is 22.4 Å². The molecule has 0 aliphatic carbocycles. The molecule has 0 saturated heterocycles. The molecule has 0 fully saturated rings. The molecule has 1 unspecified atom stereocenters. The number of rotatable bonds is 5. The van der Waals surface area contributed by atoms with Crippen LogP contribution in [0, 0.1) is 13.8 Å². The third kappa shape index (κ3) is 3.04. The lowest BCUT2D eigenvalue weighted by atomic mass is 9.97. The number of nitrogens with zero attached hydrogens (tertiary/aromatic N) is 2. The van der Waals surface area contributed by atoms with E-state index in [-0.39, 0.29) is 6.04 Å². The van der Waals surface area contributed by atoms with Gasteiger partial charge in [-0.15, -0.1) is 0 Å². The van der Waals surface area contributed by atoms with Crippen LogP contribution in [0.4, 0.5) is 0 Å². The molecule has 1 heterocycles. The van der Waals surface area contributed by atoms with Crippen LogP contribution in [0.25, 0.3) is 0 Å². The van der Waals surface area contributed by atoms with Gasteiger partial charge in [0.1, 0.15) is 0 Å². The SMILES string of the molecule is CCCNC(c1ccc(C)cc1C)c1ccnn1C. The summed E-state index contributed by atoms with van der Waals surface area (Å²) in [6.07, 6.45) is 2.98. The Balaban J connectivity index is 2.40. The maximum atomic E-state index is 4.29. The van der Waals surface area contributed by atoms with Crippen molar-refractivity contribution in [2.75, 3.05) is 6.54 Å². The van der Waals surface area contributed by atoms with Gasteiger partial charge in [-0.3, -0.25) is 4.68 Å². The summed E-state index contributed by atoms with van der Waals surface area (Å²) in [7, 11) is 2.00. The molecule has 0 radical (unpaired) electrons. The Morgan fingerprint density at radius 2 is 2.05 bits per heavy atom. The Hall–Kier alpha value is -1.61. The molecule has 0 saturated carbocycles. The van der Waals surface area contributed by atoms with E-state index in [0.717, 1.165) is 13.0 Å². The smallest absolute Gasteiger partial charge is 0.0750 e. The normalized spacial score (nSPS) is 12.6. The minimum Gasteiger partial charge on any atom is -0.305 e. The summed E-state index contributed by atoms with van der Waals surface area (Å²) in [6.45, 7) is 7.51. The third-order valence-electron chi connectivity index (χ3n) is 3.49. The highest BCUT2D eigenvalue weighted by atomic mass is 15.3. The van der Waals surface area contributed by atoms with Gasteiger partial charge < -0.3 is 5.32 Å². The van der Waals surface area contributed by atoms with Crippen LogP contribution in [-0.2, 0) is 7.05 Å². The van der Waals surface area contributed by atoms with E-state index in [2.05, 4.69) is 55.5 Å². The maximum absolute atomic E-state index is 4.29. The predicted molar refractivity (Wildman–Crippen MR) is 79.3 cm³/mol. The highest BCUT2D eigenvalue weighted by Crippen LogP contribution is 2.25. The number of benzene rings is 1. The molecule has 3 nitrogen and oxygen atoms in total. The second kappa shape index (κ2) is 6.02. The molecule has 2 rings (SSSR count). The largest absolute Gasteiger partial charge is 0.305 e. The van der Waals surface area contributed by atoms with E-state index in [9.17, 15) is 0 Å². The zero-order valence-electron chi connectivity index (χ0n) is 12.3. The fraction of sp³-hybridized carbons (Fsp3) is 0.438. The van der Waals surface area contributed by atoms with Crippen molar-refractivity contribution in [2.24, 2.45) is 7.05 Å². The summed E-state index contributed by atoms with van der Waals surface area (Å²) in [6, 6.07) is 8.96. The molecule has 1 N–H and O–H groups in total. The highest BCUT2D eigenvalue weighted by Gasteiger charge is 2.18. The van der Waals surface area contributed by atoms with Crippen molar-refractivity contribution in [1.29, 1.82) is 0 Å². The zero-order chi connectivity index (χ0) is 13.8. The maximum Gasteiger partial charge on any atom is 0.0750 e. The van der Waals surface area contributed by atoms with Crippen LogP contribution in [0.1, 0.15) is 41.8 Å². The van der Waals surface area contributed by atoms with E-state index in [1.807, 2.05) is 17.9 Å². The number of hydrogen-bond acceptors (Lipinski definition) is 2. The van der Waals surface area contributed by atoms with Crippen LogP contribution in [0.5, 0.6) is 0 Å². The Labute approximate surface area is 115 Å². The van der Waals surface area contributed by atoms with Crippen LogP contribution in [-0.4, -0.2) is 16.3 Å². The minimum absolute atomic E-state index is 0.216. The topological polar surface area (TPSA) is 29.9 Å². The number of aromatic nitrogens is 2. The van der Waals surface area contributed by atoms with Gasteiger partial charge in [-0.25, -0.2) is 0 Å². The molecule has 1 aromatic heterocycles. The van der Waals surface area contributed by atoms with Gasteiger partial charge in [0.25, 0.3) is 0 Å². The first-order chi connectivity index (χ1) is 9.13. The monoisotopic (exact) mass is 257 g/mol. The molecule has 1 atom stereocenters. The minimum atomic E-state index is 0.216. The Bertz CT molecular complexity index is 543. The molecule has 1 aromatic carbocycles. The standard InChI is InChI=1S/C16H23N3/c1-5-9-17-16(15-8-10-18-19(15)4)14-7-6-12(2)11-13(14)3/h6-8,10-11,16-17H,5,9H2,1-4H3. The van der Waals surface area contributed by atoms with Gasteiger partial charge in [-0.1, -0.05) is 30.7 Å². The first-order valence-electron chi connectivity index (χ1n) is 6.92. The molecule has 0 spiro atoms. The van der Waals surface area contributed by atoms with Crippen molar-refractivity contribution >= 4 is 0 Å². The molecule has 2 aromatic rings. The fourth-order valence-electron chi connectivity index (χ4n) is 2.48. The van der Waals surface area contributed by atoms with Crippen LogP contribution in [0.3, 0.4) is 0 Å². The van der Waals surface area contributed by atoms with Gasteiger partial charge in [-0.2, -0.15) is 5.10 Å². The van der Waals surface area contributed by atoms with Gasteiger partial charge in [0.05, 0.1) is 11.7 Å². The van der Waals surface area contributed by atoms with E-state index in [4.69, 9.17) is 0 Å². The zero-order valence-corrected chi connectivity index (χ0v) is 12.3. The van der Waals surface area contributed by atoms with Crippen LogP contribution < -0.4 is 5.32 Å². The summed E-state index contributed by atoms with van der Waals surface area (Å²) in [4.78, 5) is 0. The van der Waals surface area contributed by atoms with Crippen LogP contribution in [0.15, 0.2) is 30.5 Å². The van der Waals surface area contributed by atoms with Crippen molar-refractivity contribution in [1.82, 2.24) is 15.1 Å². The lowest BCUT2D eigenvalue weighted by Gasteiger charge is -2.21. The molecule has 0 amide bonds. The average molecular weight is 257 g/mol. The molecule has 0 aliphatic rings. The van der Waals surface area contributed by atoms with Crippen molar-refractivity contribution in [3.8, 4) is 0 Å². The van der Waals surface area contributed by atoms with Gasteiger partial charge in [0.2, 0.25) is 0 Å². The number of hydrogen-bond donors (Lipinski definition) is 1. The van der Waals surface area contributed by atoms with Crippen molar-refractivity contribution in [3.05, 3.63) is 52.8 Å². The Morgan fingerprint density at radius 1 is 1.26 bits per heavy atom. The van der Waals surface area contributed by atoms with E-state index < -0.39 is 0 Å². The lowest BCUT2D eigenvalue weighted by molar-refractivity contribution is 0.552. The summed E-state index contributed by atoms with van der Waals surface area (Å²) >= 11 is 0. The molecule has 19 heavy (non-hydrogen) atoms. The van der Waals surface area contributed by atoms with Gasteiger partial charge in [-0.05, 0) is 44.0 Å². The van der Waals surface area contributed by atoms with E-state index >= 15 is 0 Å². The predicted octanol–water partition coefficient (Wildman–Crippen LogP) is 3.13. The third-order valence-corrected chi connectivity index (χ3v) is 3.49.